The maximum Gasteiger partial charge on any atom is 0.147 e. The minimum atomic E-state index is 0.349. The van der Waals surface area contributed by atoms with Crippen LogP contribution in [0.4, 0.5) is 0 Å². The third-order valence-electron chi connectivity index (χ3n) is 2.38. The summed E-state index contributed by atoms with van der Waals surface area (Å²) in [4.78, 5) is 3.89. The summed E-state index contributed by atoms with van der Waals surface area (Å²) in [6.07, 6.45) is 2.91. The Morgan fingerprint density at radius 3 is 2.58 bits per heavy atom. The number of methoxy groups -OCH3 is 1. The minimum absolute atomic E-state index is 0.349. The molecule has 0 aliphatic heterocycles. The quantitative estimate of drug-likeness (QED) is 0.837. The van der Waals surface area contributed by atoms with Crippen molar-refractivity contribution in [2.75, 3.05) is 7.11 Å². The fourth-order valence-electron chi connectivity index (χ4n) is 1.48. The van der Waals surface area contributed by atoms with Crippen molar-refractivity contribution >= 4 is 0 Å². The zero-order chi connectivity index (χ0) is 13.7. The number of benzene rings is 1. The van der Waals surface area contributed by atoms with Gasteiger partial charge in [0, 0.05) is 18.3 Å². The highest BCUT2D eigenvalue weighted by atomic mass is 16.5. The number of hydrogen-bond donors (Lipinski definition) is 0. The van der Waals surface area contributed by atoms with E-state index in [1.807, 2.05) is 12.1 Å². The predicted molar refractivity (Wildman–Crippen MR) is 66.7 cm³/mol. The SMILES string of the molecule is COc1ccc(Oc2cncc(C#N)c2)c(C#N)c1. The molecule has 0 N–H and O–H groups in total. The van der Waals surface area contributed by atoms with Crippen molar-refractivity contribution < 1.29 is 9.47 Å². The molecular formula is C14H9N3O2. The first-order valence-corrected chi connectivity index (χ1v) is 5.38. The van der Waals surface area contributed by atoms with Gasteiger partial charge in [-0.1, -0.05) is 0 Å². The molecule has 0 amide bonds. The largest absolute Gasteiger partial charge is 0.497 e. The van der Waals surface area contributed by atoms with Crippen molar-refractivity contribution in [3.8, 4) is 29.4 Å². The van der Waals surface area contributed by atoms with Gasteiger partial charge >= 0.3 is 0 Å². The maximum atomic E-state index is 9.06. The fraction of sp³-hybridized carbons (Fsp3) is 0.0714. The van der Waals surface area contributed by atoms with Gasteiger partial charge in [-0.15, -0.1) is 0 Å². The molecule has 5 nitrogen and oxygen atoms in total. The lowest BCUT2D eigenvalue weighted by molar-refractivity contribution is 0.412. The van der Waals surface area contributed by atoms with Gasteiger partial charge in [0.15, 0.2) is 0 Å². The molecule has 5 heteroatoms. The first-order chi connectivity index (χ1) is 9.26. The van der Waals surface area contributed by atoms with Gasteiger partial charge in [-0.3, -0.25) is 4.98 Å². The summed E-state index contributed by atoms with van der Waals surface area (Å²) >= 11 is 0. The molecular weight excluding hydrogens is 242 g/mol. The van der Waals surface area contributed by atoms with E-state index in [4.69, 9.17) is 20.0 Å². The molecule has 0 spiro atoms. The van der Waals surface area contributed by atoms with Crippen molar-refractivity contribution in [1.29, 1.82) is 10.5 Å². The molecule has 0 unspecified atom stereocenters. The van der Waals surface area contributed by atoms with Gasteiger partial charge in [-0.2, -0.15) is 10.5 Å². The molecule has 0 saturated heterocycles. The van der Waals surface area contributed by atoms with Gasteiger partial charge in [0.25, 0.3) is 0 Å². The van der Waals surface area contributed by atoms with Crippen LogP contribution in [-0.2, 0) is 0 Å². The molecule has 1 aromatic carbocycles. The number of aromatic nitrogens is 1. The highest BCUT2D eigenvalue weighted by Gasteiger charge is 2.07. The summed E-state index contributed by atoms with van der Waals surface area (Å²) in [6.45, 7) is 0. The Balaban J connectivity index is 2.33. The fourth-order valence-corrected chi connectivity index (χ4v) is 1.48. The molecule has 1 heterocycles. The van der Waals surface area contributed by atoms with Gasteiger partial charge in [0.1, 0.15) is 29.4 Å². The highest BCUT2D eigenvalue weighted by Crippen LogP contribution is 2.28. The van der Waals surface area contributed by atoms with Crippen LogP contribution in [0.25, 0.3) is 0 Å². The highest BCUT2D eigenvalue weighted by molar-refractivity contribution is 5.49. The smallest absolute Gasteiger partial charge is 0.147 e. The van der Waals surface area contributed by atoms with E-state index < -0.39 is 0 Å². The zero-order valence-corrected chi connectivity index (χ0v) is 10.1. The molecule has 0 aliphatic carbocycles. The van der Waals surface area contributed by atoms with Crippen molar-refractivity contribution in [1.82, 2.24) is 4.98 Å². The van der Waals surface area contributed by atoms with Crippen LogP contribution < -0.4 is 9.47 Å². The van der Waals surface area contributed by atoms with Crippen LogP contribution in [0, 0.1) is 22.7 Å². The number of hydrogen-bond acceptors (Lipinski definition) is 5. The molecule has 0 fully saturated rings. The Hall–Kier alpha value is -3.05. The lowest BCUT2D eigenvalue weighted by atomic mass is 10.2. The summed E-state index contributed by atoms with van der Waals surface area (Å²) in [6, 6.07) is 10.5. The summed E-state index contributed by atoms with van der Waals surface area (Å²) in [5, 5.41) is 17.8. The van der Waals surface area contributed by atoms with Gasteiger partial charge in [-0.05, 0) is 12.1 Å². The van der Waals surface area contributed by atoms with E-state index in [1.165, 1.54) is 19.5 Å². The lowest BCUT2D eigenvalue weighted by Crippen LogP contribution is -1.91. The average molecular weight is 251 g/mol. The summed E-state index contributed by atoms with van der Waals surface area (Å²) in [5.41, 5.74) is 0.742. The summed E-state index contributed by atoms with van der Waals surface area (Å²) < 4.78 is 10.6. The van der Waals surface area contributed by atoms with Crippen LogP contribution in [0.2, 0.25) is 0 Å². The van der Waals surface area contributed by atoms with Crippen molar-refractivity contribution in [3.05, 3.63) is 47.8 Å². The average Bonchev–Trinajstić information content (AvgIpc) is 2.48. The number of nitriles is 2. The molecule has 0 bridgehead atoms. The molecule has 0 atom stereocenters. The van der Waals surface area contributed by atoms with E-state index in [9.17, 15) is 0 Å². The van der Waals surface area contributed by atoms with Gasteiger partial charge in [0.05, 0.1) is 24.4 Å². The van der Waals surface area contributed by atoms with Gasteiger partial charge in [-0.25, -0.2) is 0 Å². The maximum absolute atomic E-state index is 9.06. The van der Waals surface area contributed by atoms with Crippen molar-refractivity contribution in [2.45, 2.75) is 0 Å². The number of pyridine rings is 1. The minimum Gasteiger partial charge on any atom is -0.497 e. The van der Waals surface area contributed by atoms with E-state index in [1.54, 1.807) is 24.3 Å². The predicted octanol–water partition coefficient (Wildman–Crippen LogP) is 2.63. The van der Waals surface area contributed by atoms with E-state index in [0.717, 1.165) is 0 Å². The number of ether oxygens (including phenoxy) is 2. The molecule has 2 rings (SSSR count). The Morgan fingerprint density at radius 1 is 1.05 bits per heavy atom. The number of nitrogens with zero attached hydrogens (tertiary/aromatic N) is 3. The monoisotopic (exact) mass is 251 g/mol. The standard InChI is InChI=1S/C14H9N3O2/c1-18-12-2-3-14(11(5-12)7-16)19-13-4-10(6-15)8-17-9-13/h2-5,8-9H,1H3. The first-order valence-electron chi connectivity index (χ1n) is 5.38. The zero-order valence-electron chi connectivity index (χ0n) is 10.1. The molecule has 0 radical (unpaired) electrons. The van der Waals surface area contributed by atoms with Crippen LogP contribution in [0.1, 0.15) is 11.1 Å². The molecule has 92 valence electrons. The first kappa shape index (κ1) is 12.4. The van der Waals surface area contributed by atoms with E-state index in [0.29, 0.717) is 28.4 Å². The van der Waals surface area contributed by atoms with Crippen LogP contribution >= 0.6 is 0 Å². The molecule has 19 heavy (non-hydrogen) atoms. The van der Waals surface area contributed by atoms with Crippen molar-refractivity contribution in [2.24, 2.45) is 0 Å². The third kappa shape index (κ3) is 2.80. The Morgan fingerprint density at radius 2 is 1.89 bits per heavy atom. The Bertz CT molecular complexity index is 684. The lowest BCUT2D eigenvalue weighted by Gasteiger charge is -2.08. The number of rotatable bonds is 3. The van der Waals surface area contributed by atoms with Gasteiger partial charge < -0.3 is 9.47 Å². The molecule has 2 aromatic rings. The van der Waals surface area contributed by atoms with Crippen molar-refractivity contribution in [3.63, 3.8) is 0 Å². The van der Waals surface area contributed by atoms with E-state index >= 15 is 0 Å². The molecule has 0 aliphatic rings. The normalized spacial score (nSPS) is 9.21. The topological polar surface area (TPSA) is 78.9 Å². The molecule has 0 saturated carbocycles. The Labute approximate surface area is 110 Å². The third-order valence-corrected chi connectivity index (χ3v) is 2.38. The van der Waals surface area contributed by atoms with Crippen LogP contribution in [-0.4, -0.2) is 12.1 Å². The summed E-state index contributed by atoms with van der Waals surface area (Å²) in [5.74, 6) is 1.37. The van der Waals surface area contributed by atoms with Crippen LogP contribution in [0.3, 0.4) is 0 Å². The van der Waals surface area contributed by atoms with Gasteiger partial charge in [0.2, 0.25) is 0 Å². The second kappa shape index (κ2) is 5.52. The Kier molecular flexibility index (Phi) is 3.61. The van der Waals surface area contributed by atoms with Crippen LogP contribution in [0.5, 0.6) is 17.2 Å². The second-order valence-corrected chi connectivity index (χ2v) is 3.60. The van der Waals surface area contributed by atoms with Crippen LogP contribution in [0.15, 0.2) is 36.7 Å². The summed E-state index contributed by atoms with van der Waals surface area (Å²) in [7, 11) is 1.53. The van der Waals surface area contributed by atoms with E-state index in [2.05, 4.69) is 4.98 Å². The second-order valence-electron chi connectivity index (χ2n) is 3.60. The van der Waals surface area contributed by atoms with E-state index in [-0.39, 0.29) is 0 Å². The molecule has 1 aromatic heterocycles.